The van der Waals surface area contributed by atoms with Gasteiger partial charge in [0.2, 0.25) is 0 Å². The second-order valence-electron chi connectivity index (χ2n) is 7.89. The smallest absolute Gasteiger partial charge is 0.301 e. The molecule has 1 N–H and O–H groups in total. The summed E-state index contributed by atoms with van der Waals surface area (Å²) in [4.78, 5) is 32.5. The normalized spacial score (nSPS) is 17.5. The van der Waals surface area contributed by atoms with Gasteiger partial charge in [0.05, 0.1) is 22.9 Å². The van der Waals surface area contributed by atoms with Gasteiger partial charge in [0, 0.05) is 11.1 Å². The molecule has 0 unspecified atom stereocenters. The first-order valence-corrected chi connectivity index (χ1v) is 11.3. The second-order valence-corrected chi connectivity index (χ2v) is 8.89. The molecule has 34 heavy (non-hydrogen) atoms. The lowest BCUT2D eigenvalue weighted by Gasteiger charge is -2.24. The summed E-state index contributed by atoms with van der Waals surface area (Å²) in [6.07, 6.45) is 0. The maximum atomic E-state index is 13.5. The Hall–Kier alpha value is -4.04. The number of amides is 1. The van der Waals surface area contributed by atoms with E-state index in [0.717, 1.165) is 10.3 Å². The van der Waals surface area contributed by atoms with Crippen LogP contribution in [0.3, 0.4) is 0 Å². The van der Waals surface area contributed by atoms with Crippen LogP contribution in [0.15, 0.2) is 72.3 Å². The molecule has 5 rings (SSSR count). The van der Waals surface area contributed by atoms with E-state index in [1.807, 2.05) is 25.1 Å². The number of carbonyl (C=O) groups excluding carboxylic acids is 2. The van der Waals surface area contributed by atoms with Gasteiger partial charge in [-0.05, 0) is 55.0 Å². The molecule has 8 heteroatoms. The van der Waals surface area contributed by atoms with Crippen LogP contribution in [0.1, 0.15) is 22.7 Å². The molecule has 4 aromatic rings. The van der Waals surface area contributed by atoms with E-state index in [1.54, 1.807) is 24.3 Å². The Morgan fingerprint density at radius 2 is 1.82 bits per heavy atom. The molecule has 1 atom stereocenters. The molecule has 0 radical (unpaired) electrons. The van der Waals surface area contributed by atoms with Crippen LogP contribution >= 0.6 is 11.3 Å². The molecule has 3 aromatic carbocycles. The first-order chi connectivity index (χ1) is 16.4. The molecule has 0 spiro atoms. The number of halogens is 1. The van der Waals surface area contributed by atoms with Crippen molar-refractivity contribution in [3.63, 3.8) is 0 Å². The van der Waals surface area contributed by atoms with E-state index in [0.29, 0.717) is 22.0 Å². The molecule has 6 nitrogen and oxygen atoms in total. The molecular formula is C26H19FN2O4S. The van der Waals surface area contributed by atoms with Crippen LogP contribution < -0.4 is 9.64 Å². The van der Waals surface area contributed by atoms with Crippen LogP contribution in [0.25, 0.3) is 16.0 Å². The number of carbonyl (C=O) groups is 2. The molecule has 170 valence electrons. The van der Waals surface area contributed by atoms with Crippen molar-refractivity contribution in [2.75, 3.05) is 12.0 Å². The van der Waals surface area contributed by atoms with Crippen LogP contribution in [0.4, 0.5) is 9.52 Å². The van der Waals surface area contributed by atoms with E-state index in [-0.39, 0.29) is 11.1 Å². The number of nitrogens with zero attached hydrogens (tertiary/aromatic N) is 2. The summed E-state index contributed by atoms with van der Waals surface area (Å²) < 4.78 is 19.9. The van der Waals surface area contributed by atoms with Crippen LogP contribution in [0, 0.1) is 12.7 Å². The molecule has 1 saturated heterocycles. The zero-order chi connectivity index (χ0) is 24.0. The number of Topliss-reactive ketones (excluding diaryl/α,β-unsaturated/α-hetero) is 1. The van der Waals surface area contributed by atoms with Crippen molar-refractivity contribution in [1.29, 1.82) is 0 Å². The Balaban J connectivity index is 1.76. The highest BCUT2D eigenvalue weighted by atomic mass is 32.1. The van der Waals surface area contributed by atoms with Gasteiger partial charge < -0.3 is 9.84 Å². The van der Waals surface area contributed by atoms with Gasteiger partial charge in [0.15, 0.2) is 5.13 Å². The van der Waals surface area contributed by atoms with E-state index < -0.39 is 29.3 Å². The number of hydrogen-bond acceptors (Lipinski definition) is 6. The number of benzene rings is 3. The van der Waals surface area contributed by atoms with Gasteiger partial charge in [-0.1, -0.05) is 35.6 Å². The predicted octanol–water partition coefficient (Wildman–Crippen LogP) is 5.38. The second kappa shape index (κ2) is 8.39. The van der Waals surface area contributed by atoms with Crippen molar-refractivity contribution < 1.29 is 23.8 Å². The fourth-order valence-corrected chi connectivity index (χ4v) is 5.19. The minimum absolute atomic E-state index is 0.114. The van der Waals surface area contributed by atoms with Crippen molar-refractivity contribution in [3.05, 3.63) is 94.8 Å². The van der Waals surface area contributed by atoms with E-state index in [1.165, 1.54) is 47.6 Å². The predicted molar refractivity (Wildman–Crippen MR) is 129 cm³/mol. The number of aryl methyl sites for hydroxylation is 1. The van der Waals surface area contributed by atoms with E-state index in [9.17, 15) is 19.1 Å². The maximum Gasteiger partial charge on any atom is 0.301 e. The molecule has 1 amide bonds. The number of hydrogen-bond donors (Lipinski definition) is 1. The van der Waals surface area contributed by atoms with Gasteiger partial charge in [-0.25, -0.2) is 9.37 Å². The topological polar surface area (TPSA) is 79.7 Å². The Bertz CT molecular complexity index is 1480. The minimum atomic E-state index is -0.983. The zero-order valence-corrected chi connectivity index (χ0v) is 19.1. The maximum absolute atomic E-state index is 13.5. The number of aromatic nitrogens is 1. The number of anilines is 1. The first-order valence-electron chi connectivity index (χ1n) is 10.5. The number of ketones is 1. The highest BCUT2D eigenvalue weighted by Gasteiger charge is 2.49. The lowest BCUT2D eigenvalue weighted by atomic mass is 9.94. The number of ether oxygens (including phenoxy) is 1. The number of aliphatic hydroxyl groups is 1. The SMILES string of the molecule is COc1ccccc1[C@@H]1/C(=C(\O)c2ccc(F)cc2)C(=O)C(=O)N1c1nc2ccc(C)cc2s1. The third-order valence-electron chi connectivity index (χ3n) is 5.73. The number of para-hydroxylation sites is 1. The summed E-state index contributed by atoms with van der Waals surface area (Å²) in [7, 11) is 1.49. The quantitative estimate of drug-likeness (QED) is 0.244. The number of fused-ring (bicyclic) bond motifs is 1. The number of aliphatic hydroxyl groups excluding tert-OH is 1. The molecule has 1 aliphatic rings. The van der Waals surface area contributed by atoms with Crippen molar-refractivity contribution in [2.45, 2.75) is 13.0 Å². The summed E-state index contributed by atoms with van der Waals surface area (Å²) in [6.45, 7) is 1.96. The summed E-state index contributed by atoms with van der Waals surface area (Å²) in [5.41, 5.74) is 2.37. The van der Waals surface area contributed by atoms with Crippen molar-refractivity contribution in [3.8, 4) is 5.75 Å². The number of methoxy groups -OCH3 is 1. The third kappa shape index (κ3) is 3.52. The van der Waals surface area contributed by atoms with Crippen LogP contribution in [0.5, 0.6) is 5.75 Å². The summed E-state index contributed by atoms with van der Waals surface area (Å²) in [6, 6.07) is 16.8. The van der Waals surface area contributed by atoms with Crippen LogP contribution in [-0.4, -0.2) is 28.9 Å². The molecule has 1 aromatic heterocycles. The average molecular weight is 475 g/mol. The standard InChI is InChI=1S/C26H19FN2O4S/c1-14-7-12-18-20(13-14)34-26(28-18)29-22(17-5-3-4-6-19(17)33-2)21(24(31)25(29)32)23(30)15-8-10-16(27)11-9-15/h3-13,22,30H,1-2H3/b23-21+/t22-/m1/s1. The molecule has 2 heterocycles. The Labute approximate surface area is 198 Å². The van der Waals surface area contributed by atoms with Gasteiger partial charge in [-0.15, -0.1) is 0 Å². The first kappa shape index (κ1) is 21.8. The number of rotatable bonds is 4. The fourth-order valence-electron chi connectivity index (χ4n) is 4.10. The third-order valence-corrected chi connectivity index (χ3v) is 6.75. The fraction of sp³-hybridized carbons (Fsp3) is 0.115. The van der Waals surface area contributed by atoms with Crippen molar-refractivity contribution in [1.82, 2.24) is 4.98 Å². The Kier molecular flexibility index (Phi) is 5.37. The molecular weight excluding hydrogens is 455 g/mol. The summed E-state index contributed by atoms with van der Waals surface area (Å²) in [5, 5.41) is 11.5. The van der Waals surface area contributed by atoms with E-state index >= 15 is 0 Å². The van der Waals surface area contributed by atoms with E-state index in [2.05, 4.69) is 4.98 Å². The lowest BCUT2D eigenvalue weighted by molar-refractivity contribution is -0.132. The van der Waals surface area contributed by atoms with Gasteiger partial charge in [-0.3, -0.25) is 14.5 Å². The van der Waals surface area contributed by atoms with Gasteiger partial charge in [0.25, 0.3) is 5.78 Å². The highest BCUT2D eigenvalue weighted by Crippen LogP contribution is 2.46. The summed E-state index contributed by atoms with van der Waals surface area (Å²) in [5.74, 6) is -2.10. The molecule has 1 fully saturated rings. The van der Waals surface area contributed by atoms with E-state index in [4.69, 9.17) is 4.74 Å². The van der Waals surface area contributed by atoms with Gasteiger partial charge in [-0.2, -0.15) is 0 Å². The molecule has 0 aliphatic carbocycles. The Morgan fingerprint density at radius 3 is 2.56 bits per heavy atom. The van der Waals surface area contributed by atoms with Crippen molar-refractivity contribution >= 4 is 44.1 Å². The number of thiazole rings is 1. The zero-order valence-electron chi connectivity index (χ0n) is 18.3. The van der Waals surface area contributed by atoms with Gasteiger partial charge in [0.1, 0.15) is 23.4 Å². The lowest BCUT2D eigenvalue weighted by Crippen LogP contribution is -2.29. The highest BCUT2D eigenvalue weighted by molar-refractivity contribution is 7.22. The average Bonchev–Trinajstić information content (AvgIpc) is 3.36. The molecule has 1 aliphatic heterocycles. The van der Waals surface area contributed by atoms with Crippen molar-refractivity contribution in [2.24, 2.45) is 0 Å². The largest absolute Gasteiger partial charge is 0.507 e. The monoisotopic (exact) mass is 474 g/mol. The molecule has 0 bridgehead atoms. The minimum Gasteiger partial charge on any atom is -0.507 e. The van der Waals surface area contributed by atoms with Gasteiger partial charge >= 0.3 is 5.91 Å². The Morgan fingerprint density at radius 1 is 1.09 bits per heavy atom. The van der Waals surface area contributed by atoms with Crippen LogP contribution in [0.2, 0.25) is 0 Å². The summed E-state index contributed by atoms with van der Waals surface area (Å²) >= 11 is 1.29. The molecule has 0 saturated carbocycles. The van der Waals surface area contributed by atoms with Crippen LogP contribution in [-0.2, 0) is 9.59 Å².